The van der Waals surface area contributed by atoms with Crippen molar-refractivity contribution in [2.45, 2.75) is 0 Å². The topological polar surface area (TPSA) is 52.1 Å². The van der Waals surface area contributed by atoms with E-state index in [0.717, 1.165) is 105 Å². The second-order valence-electron chi connectivity index (χ2n) is 13.6. The smallest absolute Gasteiger partial charge is 0.161 e. The average Bonchev–Trinajstić information content (AvgIpc) is 3.82. The van der Waals surface area contributed by atoms with Crippen molar-refractivity contribution in [3.8, 4) is 56.2 Å². The zero-order valence-corrected chi connectivity index (χ0v) is 29.0. The van der Waals surface area contributed by atoms with Crippen LogP contribution in [0, 0.1) is 0 Å². The second-order valence-corrected chi connectivity index (χ2v) is 13.6. The number of aromatic nitrogens is 2. The maximum atomic E-state index is 6.59. The van der Waals surface area contributed by atoms with Gasteiger partial charge in [-0.2, -0.15) is 0 Å². The zero-order chi connectivity index (χ0) is 35.6. The minimum Gasteiger partial charge on any atom is -0.455 e. The van der Waals surface area contributed by atoms with Gasteiger partial charge in [0.2, 0.25) is 0 Å². The molecule has 54 heavy (non-hydrogen) atoms. The molecule has 4 nitrogen and oxygen atoms in total. The molecule has 252 valence electrons. The summed E-state index contributed by atoms with van der Waals surface area (Å²) in [5, 5.41) is 6.43. The van der Waals surface area contributed by atoms with Gasteiger partial charge in [0.25, 0.3) is 0 Å². The molecule has 0 saturated carbocycles. The number of hydrogen-bond acceptors (Lipinski definition) is 4. The molecule has 0 amide bonds. The monoisotopic (exact) mass is 690 g/mol. The summed E-state index contributed by atoms with van der Waals surface area (Å²) in [4.78, 5) is 11.0. The molecular weight excluding hydrogens is 661 g/mol. The predicted octanol–water partition coefficient (Wildman–Crippen LogP) is 13.8. The number of nitrogens with zero attached hydrogens (tertiary/aromatic N) is 2. The molecule has 3 aromatic heterocycles. The molecule has 0 fully saturated rings. The van der Waals surface area contributed by atoms with Gasteiger partial charge in [0, 0.05) is 38.2 Å². The molecule has 0 bridgehead atoms. The van der Waals surface area contributed by atoms with Crippen LogP contribution in [0.3, 0.4) is 0 Å². The number of hydrogen-bond donors (Lipinski definition) is 0. The minimum absolute atomic E-state index is 0.624. The van der Waals surface area contributed by atoms with Crippen LogP contribution in [0.4, 0.5) is 0 Å². The lowest BCUT2D eigenvalue weighted by Crippen LogP contribution is -1.99. The van der Waals surface area contributed by atoms with Crippen LogP contribution in [0.15, 0.2) is 191 Å². The summed E-state index contributed by atoms with van der Waals surface area (Å²) in [6.07, 6.45) is 0. The molecule has 0 radical (unpaired) electrons. The summed E-state index contributed by atoms with van der Waals surface area (Å²) in [6.45, 7) is 0. The molecule has 0 unspecified atom stereocenters. The van der Waals surface area contributed by atoms with Crippen molar-refractivity contribution in [2.24, 2.45) is 0 Å². The van der Waals surface area contributed by atoms with E-state index in [2.05, 4.69) is 146 Å². The van der Waals surface area contributed by atoms with Crippen molar-refractivity contribution >= 4 is 54.6 Å². The van der Waals surface area contributed by atoms with Gasteiger partial charge in [-0.25, -0.2) is 9.97 Å². The molecule has 4 heteroatoms. The fourth-order valence-corrected chi connectivity index (χ4v) is 8.06. The van der Waals surface area contributed by atoms with E-state index in [9.17, 15) is 0 Å². The van der Waals surface area contributed by atoms with E-state index in [-0.39, 0.29) is 0 Å². The normalized spacial score (nSPS) is 11.7. The van der Waals surface area contributed by atoms with E-state index in [1.54, 1.807) is 0 Å². The van der Waals surface area contributed by atoms with E-state index < -0.39 is 0 Å². The summed E-state index contributed by atoms with van der Waals surface area (Å²) in [5.41, 5.74) is 12.0. The van der Waals surface area contributed by atoms with Gasteiger partial charge in [-0.3, -0.25) is 0 Å². The van der Waals surface area contributed by atoms with Crippen molar-refractivity contribution in [1.29, 1.82) is 0 Å². The Morgan fingerprint density at radius 1 is 0.333 bits per heavy atom. The lowest BCUT2D eigenvalue weighted by atomic mass is 9.89. The Labute approximate surface area is 310 Å². The lowest BCUT2D eigenvalue weighted by Gasteiger charge is -2.17. The second kappa shape index (κ2) is 12.1. The Morgan fingerprint density at radius 3 is 1.48 bits per heavy atom. The first-order valence-electron chi connectivity index (χ1n) is 18.2. The van der Waals surface area contributed by atoms with Crippen LogP contribution in [0.25, 0.3) is 111 Å². The third-order valence-corrected chi connectivity index (χ3v) is 10.5. The van der Waals surface area contributed by atoms with E-state index in [0.29, 0.717) is 5.82 Å². The molecule has 11 aromatic rings. The van der Waals surface area contributed by atoms with Crippen molar-refractivity contribution in [3.05, 3.63) is 182 Å². The average molecular weight is 691 g/mol. The number of furan rings is 2. The third kappa shape index (κ3) is 4.78. The van der Waals surface area contributed by atoms with E-state index in [1.807, 2.05) is 36.4 Å². The number of benzene rings is 8. The van der Waals surface area contributed by atoms with Crippen LogP contribution < -0.4 is 0 Å². The molecule has 0 N–H and O–H groups in total. The van der Waals surface area contributed by atoms with E-state index in [1.165, 1.54) is 0 Å². The van der Waals surface area contributed by atoms with Gasteiger partial charge in [0.05, 0.1) is 11.4 Å². The van der Waals surface area contributed by atoms with Crippen molar-refractivity contribution in [1.82, 2.24) is 9.97 Å². The zero-order valence-electron chi connectivity index (χ0n) is 29.0. The highest BCUT2D eigenvalue weighted by atomic mass is 16.3. The Balaban J connectivity index is 1.24. The molecule has 0 atom stereocenters. The van der Waals surface area contributed by atoms with Gasteiger partial charge in [0.15, 0.2) is 5.82 Å². The Bertz CT molecular complexity index is 3100. The first-order valence-corrected chi connectivity index (χ1v) is 18.2. The summed E-state index contributed by atoms with van der Waals surface area (Å²) in [7, 11) is 0. The predicted molar refractivity (Wildman–Crippen MR) is 221 cm³/mol. The molecule has 0 aliphatic carbocycles. The van der Waals surface area contributed by atoms with Gasteiger partial charge >= 0.3 is 0 Å². The highest BCUT2D eigenvalue weighted by molar-refractivity contribution is 6.12. The number of para-hydroxylation sites is 4. The molecule has 0 aliphatic rings. The molecule has 0 spiro atoms. The van der Waals surface area contributed by atoms with Crippen molar-refractivity contribution in [3.63, 3.8) is 0 Å². The molecule has 8 aromatic carbocycles. The van der Waals surface area contributed by atoms with Gasteiger partial charge in [-0.1, -0.05) is 152 Å². The van der Waals surface area contributed by atoms with E-state index in [4.69, 9.17) is 18.8 Å². The lowest BCUT2D eigenvalue weighted by molar-refractivity contribution is 0.669. The summed E-state index contributed by atoms with van der Waals surface area (Å²) >= 11 is 0. The van der Waals surface area contributed by atoms with Crippen LogP contribution in [-0.2, 0) is 0 Å². The maximum Gasteiger partial charge on any atom is 0.161 e. The van der Waals surface area contributed by atoms with Crippen molar-refractivity contribution in [2.75, 3.05) is 0 Å². The SMILES string of the molecule is c1ccc(-c2ccccc2-c2ccc3ccccc3c2-c2nc(-c3cccc4c3oc3ccccc34)cc(-c3cccc4c3oc3ccccc34)n2)cc1. The molecular formula is C50H30N2O2. The maximum absolute atomic E-state index is 6.59. The highest BCUT2D eigenvalue weighted by Gasteiger charge is 2.22. The first kappa shape index (κ1) is 30.3. The van der Waals surface area contributed by atoms with Crippen LogP contribution in [0.1, 0.15) is 0 Å². The van der Waals surface area contributed by atoms with Gasteiger partial charge in [0.1, 0.15) is 22.3 Å². The third-order valence-electron chi connectivity index (χ3n) is 10.5. The summed E-state index contributed by atoms with van der Waals surface area (Å²) in [6, 6.07) is 63.1. The summed E-state index contributed by atoms with van der Waals surface area (Å²) < 4.78 is 13.2. The van der Waals surface area contributed by atoms with Gasteiger partial charge in [-0.05, 0) is 63.4 Å². The Morgan fingerprint density at radius 2 is 0.833 bits per heavy atom. The van der Waals surface area contributed by atoms with Gasteiger partial charge < -0.3 is 8.83 Å². The fourth-order valence-electron chi connectivity index (χ4n) is 8.06. The molecule has 0 aliphatic heterocycles. The Hall–Kier alpha value is -7.30. The standard InChI is InChI=1S/C50H30N2O2/c1-2-14-31(15-3-1)33-17-6-7-19-35(33)38-29-28-32-16-4-5-18-34(32)47(38)50-51-43(41-24-12-22-39-36-20-8-10-26-45(36)53-48(39)41)30-44(52-50)42-25-13-23-40-37-21-9-11-27-46(37)54-49(40)42/h1-30H. The Kier molecular flexibility index (Phi) is 6.82. The number of rotatable bonds is 5. The van der Waals surface area contributed by atoms with Crippen LogP contribution in [0.2, 0.25) is 0 Å². The molecule has 11 rings (SSSR count). The highest BCUT2D eigenvalue weighted by Crippen LogP contribution is 2.44. The largest absolute Gasteiger partial charge is 0.455 e. The van der Waals surface area contributed by atoms with Crippen LogP contribution >= 0.6 is 0 Å². The van der Waals surface area contributed by atoms with Gasteiger partial charge in [-0.15, -0.1) is 0 Å². The first-order chi connectivity index (χ1) is 26.8. The quantitative estimate of drug-likeness (QED) is 0.180. The minimum atomic E-state index is 0.624. The van der Waals surface area contributed by atoms with Crippen LogP contribution in [0.5, 0.6) is 0 Å². The number of fused-ring (bicyclic) bond motifs is 7. The summed E-state index contributed by atoms with van der Waals surface area (Å²) in [5.74, 6) is 0.624. The van der Waals surface area contributed by atoms with E-state index >= 15 is 0 Å². The molecule has 0 saturated heterocycles. The van der Waals surface area contributed by atoms with Crippen molar-refractivity contribution < 1.29 is 8.83 Å². The molecule has 3 heterocycles. The van der Waals surface area contributed by atoms with Crippen LogP contribution in [-0.4, -0.2) is 9.97 Å². The fraction of sp³-hybridized carbons (Fsp3) is 0.